The molecular formula is C27H40O5. The Labute approximate surface area is 192 Å². The zero-order chi connectivity index (χ0) is 22.2. The van der Waals surface area contributed by atoms with Crippen molar-refractivity contribution in [1.82, 2.24) is 0 Å². The number of ether oxygens (including phenoxy) is 3. The number of hydrogen-bond donors (Lipinski definition) is 0. The van der Waals surface area contributed by atoms with Gasteiger partial charge in [-0.05, 0) is 119 Å². The van der Waals surface area contributed by atoms with Crippen molar-refractivity contribution in [2.75, 3.05) is 6.79 Å². The van der Waals surface area contributed by atoms with Crippen molar-refractivity contribution < 1.29 is 23.8 Å². The molecule has 6 fully saturated rings. The Hall–Kier alpha value is -1.10. The van der Waals surface area contributed by atoms with Crippen LogP contribution in [0.5, 0.6) is 0 Å². The van der Waals surface area contributed by atoms with Crippen LogP contribution in [0.25, 0.3) is 0 Å². The average Bonchev–Trinajstić information content (AvgIpc) is 3.60. The zero-order valence-electron chi connectivity index (χ0n) is 20.0. The highest BCUT2D eigenvalue weighted by Crippen LogP contribution is 2.69. The van der Waals surface area contributed by atoms with Gasteiger partial charge in [-0.25, -0.2) is 0 Å². The van der Waals surface area contributed by atoms with Gasteiger partial charge in [-0.1, -0.05) is 6.92 Å². The predicted octanol–water partition coefficient (Wildman–Crippen LogP) is 4.97. The van der Waals surface area contributed by atoms with Crippen LogP contribution in [0, 0.1) is 58.7 Å². The normalized spacial score (nSPS) is 47.8. The lowest BCUT2D eigenvalue weighted by Gasteiger charge is -2.41. The van der Waals surface area contributed by atoms with E-state index in [-0.39, 0.29) is 30.8 Å². The van der Waals surface area contributed by atoms with Crippen molar-refractivity contribution in [3.8, 4) is 0 Å². The van der Waals surface area contributed by atoms with E-state index in [4.69, 9.17) is 14.2 Å². The van der Waals surface area contributed by atoms with E-state index in [0.717, 1.165) is 43.9 Å². The maximum Gasteiger partial charge on any atom is 0.311 e. The van der Waals surface area contributed by atoms with Gasteiger partial charge in [0.15, 0.2) is 6.79 Å². The van der Waals surface area contributed by atoms with Gasteiger partial charge in [0.05, 0.1) is 17.4 Å². The summed E-state index contributed by atoms with van der Waals surface area (Å²) < 4.78 is 17.8. The van der Waals surface area contributed by atoms with Crippen molar-refractivity contribution in [2.45, 2.75) is 90.8 Å². The highest BCUT2D eigenvalue weighted by Gasteiger charge is 2.66. The molecule has 0 radical (unpaired) electrons. The lowest BCUT2D eigenvalue weighted by Crippen LogP contribution is -2.43. The molecule has 0 N–H and O–H groups in total. The van der Waals surface area contributed by atoms with E-state index in [1.165, 1.54) is 25.7 Å². The molecule has 32 heavy (non-hydrogen) atoms. The summed E-state index contributed by atoms with van der Waals surface area (Å²) in [6, 6.07) is 0. The molecular weight excluding hydrogens is 404 g/mol. The van der Waals surface area contributed by atoms with E-state index in [2.05, 4.69) is 0 Å². The van der Waals surface area contributed by atoms with Crippen LogP contribution in [0.1, 0.15) is 78.6 Å². The first-order valence-corrected chi connectivity index (χ1v) is 13.3. The molecule has 0 aromatic carbocycles. The molecule has 6 rings (SSSR count). The summed E-state index contributed by atoms with van der Waals surface area (Å²) in [5, 5.41) is 0. The molecule has 6 bridgehead atoms. The molecule has 178 valence electrons. The third-order valence-corrected chi connectivity index (χ3v) is 10.9. The maximum absolute atomic E-state index is 13.0. The van der Waals surface area contributed by atoms with Crippen LogP contribution < -0.4 is 0 Å². The molecule has 11 atom stereocenters. The van der Waals surface area contributed by atoms with E-state index in [1.807, 2.05) is 20.8 Å². The predicted molar refractivity (Wildman–Crippen MR) is 118 cm³/mol. The smallest absolute Gasteiger partial charge is 0.311 e. The van der Waals surface area contributed by atoms with Crippen LogP contribution in [0.15, 0.2) is 0 Å². The van der Waals surface area contributed by atoms with Crippen LogP contribution in [-0.2, 0) is 23.8 Å². The fourth-order valence-corrected chi connectivity index (χ4v) is 9.07. The van der Waals surface area contributed by atoms with Crippen LogP contribution in [-0.4, -0.2) is 30.9 Å². The summed E-state index contributed by atoms with van der Waals surface area (Å²) in [6.07, 6.45) is 10.6. The quantitative estimate of drug-likeness (QED) is 0.315. The molecule has 6 aliphatic rings. The van der Waals surface area contributed by atoms with E-state index in [1.54, 1.807) is 0 Å². The third-order valence-electron chi connectivity index (χ3n) is 10.9. The summed E-state index contributed by atoms with van der Waals surface area (Å²) >= 11 is 0. The molecule has 0 heterocycles. The molecule has 5 nitrogen and oxygen atoms in total. The molecule has 0 aromatic heterocycles. The van der Waals surface area contributed by atoms with Gasteiger partial charge < -0.3 is 14.2 Å². The van der Waals surface area contributed by atoms with E-state index in [9.17, 15) is 9.59 Å². The topological polar surface area (TPSA) is 61.8 Å². The molecule has 0 spiro atoms. The molecule has 6 saturated carbocycles. The van der Waals surface area contributed by atoms with Gasteiger partial charge >= 0.3 is 11.9 Å². The van der Waals surface area contributed by atoms with E-state index < -0.39 is 5.41 Å². The lowest BCUT2D eigenvalue weighted by molar-refractivity contribution is -0.174. The van der Waals surface area contributed by atoms with Gasteiger partial charge in [0.2, 0.25) is 0 Å². The fourth-order valence-electron chi connectivity index (χ4n) is 9.07. The lowest BCUT2D eigenvalue weighted by atomic mass is 9.66. The largest absolute Gasteiger partial charge is 0.462 e. The maximum atomic E-state index is 13.0. The SMILES string of the molecule is CCC(C)(C)C(=O)OC1CC2CC1C1C3CC(CC3C(=O)OCOC3CC4CCC3C4)C21. The van der Waals surface area contributed by atoms with Crippen LogP contribution in [0.3, 0.4) is 0 Å². The number of fused-ring (bicyclic) bond motifs is 11. The highest BCUT2D eigenvalue weighted by molar-refractivity contribution is 5.76. The first-order valence-electron chi connectivity index (χ1n) is 13.3. The van der Waals surface area contributed by atoms with E-state index in [0.29, 0.717) is 41.6 Å². The molecule has 0 saturated heterocycles. The van der Waals surface area contributed by atoms with Crippen molar-refractivity contribution in [2.24, 2.45) is 58.7 Å². The first-order chi connectivity index (χ1) is 15.4. The first kappa shape index (κ1) is 21.4. The molecule has 0 amide bonds. The minimum atomic E-state index is -0.416. The number of esters is 2. The molecule has 11 unspecified atom stereocenters. The van der Waals surface area contributed by atoms with Crippen molar-refractivity contribution in [3.63, 3.8) is 0 Å². The Morgan fingerprint density at radius 1 is 0.844 bits per heavy atom. The van der Waals surface area contributed by atoms with Crippen LogP contribution in [0.2, 0.25) is 0 Å². The Bertz CT molecular complexity index is 776. The number of rotatable bonds is 7. The van der Waals surface area contributed by atoms with Crippen LogP contribution >= 0.6 is 0 Å². The summed E-state index contributed by atoms with van der Waals surface area (Å²) in [7, 11) is 0. The minimum absolute atomic E-state index is 0.0210. The minimum Gasteiger partial charge on any atom is -0.462 e. The van der Waals surface area contributed by atoms with Gasteiger partial charge in [0.1, 0.15) is 6.10 Å². The zero-order valence-corrected chi connectivity index (χ0v) is 20.0. The van der Waals surface area contributed by atoms with Crippen LogP contribution in [0.4, 0.5) is 0 Å². The number of carbonyl (C=O) groups excluding carboxylic acids is 2. The van der Waals surface area contributed by atoms with Gasteiger partial charge in [0, 0.05) is 0 Å². The molecule has 6 aliphatic carbocycles. The van der Waals surface area contributed by atoms with Gasteiger partial charge in [0.25, 0.3) is 0 Å². The summed E-state index contributed by atoms with van der Waals surface area (Å²) in [5.41, 5.74) is -0.416. The second-order valence-electron chi connectivity index (χ2n) is 12.7. The Morgan fingerprint density at radius 3 is 2.34 bits per heavy atom. The Balaban J connectivity index is 1.05. The molecule has 0 aromatic rings. The summed E-state index contributed by atoms with van der Waals surface area (Å²) in [5.74, 6) is 4.94. The Kier molecular flexibility index (Phi) is 5.17. The number of carbonyl (C=O) groups is 2. The standard InChI is InChI=1S/C27H40O5/c1-4-27(2,3)26(29)32-22-12-17-11-20(22)24-18-9-16(23(17)24)10-19(18)25(28)31-13-30-21-8-14-5-6-15(21)7-14/h14-24H,4-13H2,1-3H3. The second-order valence-corrected chi connectivity index (χ2v) is 12.7. The van der Waals surface area contributed by atoms with Crippen molar-refractivity contribution in [3.05, 3.63) is 0 Å². The van der Waals surface area contributed by atoms with Crippen molar-refractivity contribution >= 4 is 11.9 Å². The fraction of sp³-hybridized carbons (Fsp3) is 0.926. The van der Waals surface area contributed by atoms with Gasteiger partial charge in [-0.3, -0.25) is 9.59 Å². The second kappa shape index (κ2) is 7.71. The third kappa shape index (κ3) is 3.27. The van der Waals surface area contributed by atoms with E-state index >= 15 is 0 Å². The highest BCUT2D eigenvalue weighted by atomic mass is 16.7. The molecule has 5 heteroatoms. The summed E-state index contributed by atoms with van der Waals surface area (Å²) in [4.78, 5) is 25.7. The monoisotopic (exact) mass is 444 g/mol. The number of hydrogen-bond acceptors (Lipinski definition) is 5. The Morgan fingerprint density at radius 2 is 1.62 bits per heavy atom. The molecule has 0 aliphatic heterocycles. The van der Waals surface area contributed by atoms with Gasteiger partial charge in [-0.2, -0.15) is 0 Å². The van der Waals surface area contributed by atoms with Gasteiger partial charge in [-0.15, -0.1) is 0 Å². The van der Waals surface area contributed by atoms with Crippen molar-refractivity contribution in [1.29, 1.82) is 0 Å². The summed E-state index contributed by atoms with van der Waals surface area (Å²) in [6.45, 7) is 6.14. The average molecular weight is 445 g/mol.